The molecule has 16 heavy (non-hydrogen) atoms. The molecule has 0 saturated carbocycles. The van der Waals surface area contributed by atoms with Crippen LogP contribution in [0.15, 0.2) is 18.3 Å². The standard InChI is InChI=1S/C12H17N3O/c1-14(2)11-5-6-15(8-11)12-4-3-10(9-16)7-13-12/h3-4,7,9,11H,5-6,8H2,1-2H3. The van der Waals surface area contributed by atoms with Crippen LogP contribution in [0.4, 0.5) is 5.82 Å². The van der Waals surface area contributed by atoms with Crippen LogP contribution in [0.1, 0.15) is 16.8 Å². The van der Waals surface area contributed by atoms with E-state index in [2.05, 4.69) is 28.9 Å². The third-order valence-corrected chi connectivity index (χ3v) is 3.12. The lowest BCUT2D eigenvalue weighted by Gasteiger charge is -2.20. The van der Waals surface area contributed by atoms with Crippen molar-refractivity contribution in [3.63, 3.8) is 0 Å². The highest BCUT2D eigenvalue weighted by atomic mass is 16.1. The molecule has 2 rings (SSSR count). The minimum atomic E-state index is 0.604. The maximum atomic E-state index is 10.5. The van der Waals surface area contributed by atoms with Gasteiger partial charge >= 0.3 is 0 Å². The fraction of sp³-hybridized carbons (Fsp3) is 0.500. The van der Waals surface area contributed by atoms with Gasteiger partial charge in [0.1, 0.15) is 5.82 Å². The molecule has 2 heterocycles. The van der Waals surface area contributed by atoms with Crippen LogP contribution in [0.3, 0.4) is 0 Å². The lowest BCUT2D eigenvalue weighted by molar-refractivity contribution is 0.112. The molecule has 4 nitrogen and oxygen atoms in total. The minimum Gasteiger partial charge on any atom is -0.355 e. The van der Waals surface area contributed by atoms with Gasteiger partial charge in [-0.3, -0.25) is 4.79 Å². The molecule has 0 radical (unpaired) electrons. The van der Waals surface area contributed by atoms with Gasteiger partial charge in [0.2, 0.25) is 0 Å². The Morgan fingerprint density at radius 2 is 2.31 bits per heavy atom. The number of aromatic nitrogens is 1. The topological polar surface area (TPSA) is 36.4 Å². The lowest BCUT2D eigenvalue weighted by atomic mass is 10.2. The zero-order valence-electron chi connectivity index (χ0n) is 9.76. The predicted octanol–water partition coefficient (Wildman–Crippen LogP) is 1.03. The van der Waals surface area contributed by atoms with Crippen molar-refractivity contribution in [1.82, 2.24) is 9.88 Å². The molecular formula is C12H17N3O. The average Bonchev–Trinajstić information content (AvgIpc) is 2.78. The monoisotopic (exact) mass is 219 g/mol. The minimum absolute atomic E-state index is 0.604. The molecule has 1 atom stereocenters. The molecule has 1 aromatic rings. The summed E-state index contributed by atoms with van der Waals surface area (Å²) in [7, 11) is 4.22. The van der Waals surface area contributed by atoms with Crippen molar-refractivity contribution >= 4 is 12.1 Å². The van der Waals surface area contributed by atoms with Crippen molar-refractivity contribution < 1.29 is 4.79 Å². The van der Waals surface area contributed by atoms with E-state index in [1.807, 2.05) is 12.1 Å². The number of likely N-dealkylation sites (N-methyl/N-ethyl adjacent to an activating group) is 1. The van der Waals surface area contributed by atoms with Gasteiger partial charge < -0.3 is 9.80 Å². The van der Waals surface area contributed by atoms with E-state index in [0.717, 1.165) is 25.2 Å². The molecule has 0 spiro atoms. The van der Waals surface area contributed by atoms with E-state index in [-0.39, 0.29) is 0 Å². The van der Waals surface area contributed by atoms with Crippen LogP contribution < -0.4 is 4.90 Å². The second kappa shape index (κ2) is 4.61. The maximum Gasteiger partial charge on any atom is 0.151 e. The van der Waals surface area contributed by atoms with Gasteiger partial charge in [-0.15, -0.1) is 0 Å². The Kier molecular flexibility index (Phi) is 3.19. The molecule has 1 aromatic heterocycles. The Labute approximate surface area is 95.9 Å². The van der Waals surface area contributed by atoms with Gasteiger partial charge in [-0.05, 0) is 32.6 Å². The first-order valence-corrected chi connectivity index (χ1v) is 5.53. The van der Waals surface area contributed by atoms with Crippen molar-refractivity contribution in [2.45, 2.75) is 12.5 Å². The number of aldehydes is 1. The largest absolute Gasteiger partial charge is 0.355 e. The van der Waals surface area contributed by atoms with Gasteiger partial charge in [-0.1, -0.05) is 0 Å². The van der Waals surface area contributed by atoms with E-state index in [0.29, 0.717) is 11.6 Å². The number of pyridine rings is 1. The molecule has 1 aliphatic heterocycles. The van der Waals surface area contributed by atoms with Gasteiger partial charge in [0.25, 0.3) is 0 Å². The molecule has 1 saturated heterocycles. The summed E-state index contributed by atoms with van der Waals surface area (Å²) in [5.41, 5.74) is 0.632. The predicted molar refractivity (Wildman–Crippen MR) is 63.9 cm³/mol. The number of nitrogens with zero attached hydrogens (tertiary/aromatic N) is 3. The van der Waals surface area contributed by atoms with Crippen LogP contribution in [-0.2, 0) is 0 Å². The molecule has 86 valence electrons. The summed E-state index contributed by atoms with van der Waals surface area (Å²) < 4.78 is 0. The van der Waals surface area contributed by atoms with E-state index >= 15 is 0 Å². The molecule has 1 aliphatic rings. The molecule has 0 N–H and O–H groups in total. The zero-order chi connectivity index (χ0) is 11.5. The molecule has 0 bridgehead atoms. The van der Waals surface area contributed by atoms with Crippen molar-refractivity contribution in [3.8, 4) is 0 Å². The van der Waals surface area contributed by atoms with Crippen LogP contribution in [0.5, 0.6) is 0 Å². The van der Waals surface area contributed by atoms with Crippen LogP contribution in [0.2, 0.25) is 0 Å². The normalized spacial score (nSPS) is 20.4. The summed E-state index contributed by atoms with van der Waals surface area (Å²) >= 11 is 0. The summed E-state index contributed by atoms with van der Waals surface area (Å²) in [5, 5.41) is 0. The lowest BCUT2D eigenvalue weighted by Crippen LogP contribution is -2.31. The molecule has 0 aromatic carbocycles. The Morgan fingerprint density at radius 3 is 2.81 bits per heavy atom. The second-order valence-electron chi connectivity index (χ2n) is 4.42. The molecular weight excluding hydrogens is 202 g/mol. The third-order valence-electron chi connectivity index (χ3n) is 3.12. The van der Waals surface area contributed by atoms with Crippen LogP contribution in [-0.4, -0.2) is 49.4 Å². The van der Waals surface area contributed by atoms with E-state index in [4.69, 9.17) is 0 Å². The molecule has 0 aliphatic carbocycles. The van der Waals surface area contributed by atoms with Crippen LogP contribution >= 0.6 is 0 Å². The smallest absolute Gasteiger partial charge is 0.151 e. The van der Waals surface area contributed by atoms with Crippen molar-refractivity contribution in [2.75, 3.05) is 32.1 Å². The van der Waals surface area contributed by atoms with Crippen molar-refractivity contribution in [2.24, 2.45) is 0 Å². The molecule has 0 amide bonds. The zero-order valence-corrected chi connectivity index (χ0v) is 9.76. The Hall–Kier alpha value is -1.42. The van der Waals surface area contributed by atoms with E-state index in [1.165, 1.54) is 6.42 Å². The summed E-state index contributed by atoms with van der Waals surface area (Å²) in [6.45, 7) is 2.05. The highest BCUT2D eigenvalue weighted by Gasteiger charge is 2.24. The average molecular weight is 219 g/mol. The SMILES string of the molecule is CN(C)C1CCN(c2ccc(C=O)cn2)C1. The van der Waals surface area contributed by atoms with Crippen molar-refractivity contribution in [1.29, 1.82) is 0 Å². The number of hydrogen-bond donors (Lipinski definition) is 0. The number of carbonyl (C=O) groups is 1. The Balaban J connectivity index is 2.05. The highest BCUT2D eigenvalue weighted by molar-refractivity contribution is 5.74. The summed E-state index contributed by atoms with van der Waals surface area (Å²) in [6, 6.07) is 4.34. The molecule has 1 fully saturated rings. The first kappa shape index (κ1) is 11.1. The number of hydrogen-bond acceptors (Lipinski definition) is 4. The third kappa shape index (κ3) is 2.22. The van der Waals surface area contributed by atoms with Crippen molar-refractivity contribution in [3.05, 3.63) is 23.9 Å². The first-order valence-electron chi connectivity index (χ1n) is 5.53. The summed E-state index contributed by atoms with van der Waals surface area (Å²) in [5.74, 6) is 0.968. The number of anilines is 1. The number of carbonyl (C=O) groups excluding carboxylic acids is 1. The summed E-state index contributed by atoms with van der Waals surface area (Å²) in [4.78, 5) is 19.3. The van der Waals surface area contributed by atoms with Gasteiger partial charge in [0, 0.05) is 30.9 Å². The van der Waals surface area contributed by atoms with Crippen LogP contribution in [0.25, 0.3) is 0 Å². The molecule has 1 unspecified atom stereocenters. The highest BCUT2D eigenvalue weighted by Crippen LogP contribution is 2.19. The Bertz CT molecular complexity index is 361. The first-order chi connectivity index (χ1) is 7.70. The fourth-order valence-corrected chi connectivity index (χ4v) is 2.03. The van der Waals surface area contributed by atoms with Gasteiger partial charge in [0.05, 0.1) is 0 Å². The van der Waals surface area contributed by atoms with Gasteiger partial charge in [-0.2, -0.15) is 0 Å². The Morgan fingerprint density at radius 1 is 1.50 bits per heavy atom. The second-order valence-corrected chi connectivity index (χ2v) is 4.42. The van der Waals surface area contributed by atoms with Gasteiger partial charge in [0.15, 0.2) is 6.29 Å². The quantitative estimate of drug-likeness (QED) is 0.712. The van der Waals surface area contributed by atoms with E-state index < -0.39 is 0 Å². The maximum absolute atomic E-state index is 10.5. The van der Waals surface area contributed by atoms with Crippen LogP contribution in [0, 0.1) is 0 Å². The van der Waals surface area contributed by atoms with Gasteiger partial charge in [-0.25, -0.2) is 4.98 Å². The fourth-order valence-electron chi connectivity index (χ4n) is 2.03. The molecule has 4 heteroatoms. The summed E-state index contributed by atoms with van der Waals surface area (Å²) in [6.07, 6.45) is 3.62. The number of rotatable bonds is 3. The van der Waals surface area contributed by atoms with E-state index in [9.17, 15) is 4.79 Å². The van der Waals surface area contributed by atoms with E-state index in [1.54, 1.807) is 6.20 Å².